The maximum atomic E-state index is 13.7. The van der Waals surface area contributed by atoms with Gasteiger partial charge in [-0.05, 0) is 36.1 Å². The summed E-state index contributed by atoms with van der Waals surface area (Å²) >= 11 is 0. The van der Waals surface area contributed by atoms with Crippen LogP contribution >= 0.6 is 0 Å². The van der Waals surface area contributed by atoms with Gasteiger partial charge in [0.15, 0.2) is 0 Å². The Morgan fingerprint density at radius 3 is 2.50 bits per heavy atom. The van der Waals surface area contributed by atoms with Gasteiger partial charge in [0.25, 0.3) is 0 Å². The van der Waals surface area contributed by atoms with E-state index in [2.05, 4.69) is 5.32 Å². The molecule has 0 aromatic heterocycles. The van der Waals surface area contributed by atoms with Crippen LogP contribution < -0.4 is 5.32 Å². The quantitative estimate of drug-likeness (QED) is 0.822. The summed E-state index contributed by atoms with van der Waals surface area (Å²) in [6.07, 6.45) is -4.54. The van der Waals surface area contributed by atoms with E-state index in [9.17, 15) is 23.1 Å². The largest absolute Gasteiger partial charge is 0.416 e. The summed E-state index contributed by atoms with van der Waals surface area (Å²) in [6.45, 7) is 2.12. The summed E-state index contributed by atoms with van der Waals surface area (Å²) in [7, 11) is 0. The zero-order valence-electron chi connectivity index (χ0n) is 15.5. The summed E-state index contributed by atoms with van der Waals surface area (Å²) in [5.41, 5.74) is 1.01. The zero-order chi connectivity index (χ0) is 20.3. The fraction of sp³-hybridized carbons (Fsp3) is 0.381. The highest BCUT2D eigenvalue weighted by Gasteiger charge is 2.39. The molecule has 0 radical (unpaired) electrons. The van der Waals surface area contributed by atoms with Crippen molar-refractivity contribution in [3.63, 3.8) is 0 Å². The van der Waals surface area contributed by atoms with Crippen LogP contribution in [0.2, 0.25) is 0 Å². The van der Waals surface area contributed by atoms with Gasteiger partial charge in [0.05, 0.1) is 24.3 Å². The predicted octanol–water partition coefficient (Wildman–Crippen LogP) is 3.15. The van der Waals surface area contributed by atoms with E-state index >= 15 is 0 Å². The molecule has 2 aromatic carbocycles. The Kier molecular flexibility index (Phi) is 6.05. The normalized spacial score (nSPS) is 17.9. The van der Waals surface area contributed by atoms with E-state index in [0.717, 1.165) is 11.6 Å². The van der Waals surface area contributed by atoms with Crippen LogP contribution in [0.5, 0.6) is 0 Å². The van der Waals surface area contributed by atoms with Crippen LogP contribution in [0.1, 0.15) is 35.2 Å². The van der Waals surface area contributed by atoms with Crippen LogP contribution in [0.25, 0.3) is 0 Å². The van der Waals surface area contributed by atoms with Crippen molar-refractivity contribution in [2.24, 2.45) is 0 Å². The van der Waals surface area contributed by atoms with Crippen molar-refractivity contribution in [1.82, 2.24) is 10.2 Å². The lowest BCUT2D eigenvalue weighted by atomic mass is 9.86. The molecule has 1 aliphatic heterocycles. The highest BCUT2D eigenvalue weighted by molar-refractivity contribution is 5.80. The van der Waals surface area contributed by atoms with E-state index in [1.54, 1.807) is 25.1 Å². The van der Waals surface area contributed by atoms with Crippen LogP contribution in [0.15, 0.2) is 48.5 Å². The number of benzene rings is 2. The van der Waals surface area contributed by atoms with E-state index in [-0.39, 0.29) is 24.6 Å². The molecule has 2 aromatic rings. The summed E-state index contributed by atoms with van der Waals surface area (Å²) in [6, 6.07) is 11.9. The van der Waals surface area contributed by atoms with Gasteiger partial charge in [0.1, 0.15) is 0 Å². The van der Waals surface area contributed by atoms with Crippen LogP contribution in [0.4, 0.5) is 13.2 Å². The number of nitrogens with zero attached hydrogens (tertiary/aromatic N) is 1. The minimum Gasteiger partial charge on any atom is -0.392 e. The molecule has 28 heavy (non-hydrogen) atoms. The first kappa shape index (κ1) is 20.4. The fourth-order valence-corrected chi connectivity index (χ4v) is 3.65. The maximum absolute atomic E-state index is 13.7. The minimum absolute atomic E-state index is 0.0439. The first-order valence-electron chi connectivity index (χ1n) is 9.21. The van der Waals surface area contributed by atoms with Crippen LogP contribution in [0.3, 0.4) is 0 Å². The summed E-state index contributed by atoms with van der Waals surface area (Å²) < 4.78 is 41.0. The molecule has 0 bridgehead atoms. The zero-order valence-corrected chi connectivity index (χ0v) is 15.5. The fourth-order valence-electron chi connectivity index (χ4n) is 3.65. The SMILES string of the molecule is C[C@@H](O)CNCC(=O)N1CCc2ccccc2C1c1ccccc1C(F)(F)F. The van der Waals surface area contributed by atoms with Crippen molar-refractivity contribution in [3.05, 3.63) is 70.8 Å². The standard InChI is InChI=1S/C21H23F3N2O2/c1-14(27)12-25-13-19(28)26-11-10-15-6-2-3-7-16(15)20(26)17-8-4-5-9-18(17)21(22,23)24/h2-9,14,20,25,27H,10-13H2,1H3/t14-,20?/m1/s1. The Hall–Kier alpha value is -2.38. The molecular formula is C21H23F3N2O2. The van der Waals surface area contributed by atoms with Gasteiger partial charge in [0, 0.05) is 13.1 Å². The number of aliphatic hydroxyl groups is 1. The van der Waals surface area contributed by atoms with Gasteiger partial charge in [0.2, 0.25) is 5.91 Å². The monoisotopic (exact) mass is 392 g/mol. The Morgan fingerprint density at radius 1 is 1.18 bits per heavy atom. The number of carbonyl (C=O) groups excluding carboxylic acids is 1. The number of amides is 1. The Bertz CT molecular complexity index is 836. The lowest BCUT2D eigenvalue weighted by Crippen LogP contribution is -2.45. The molecular weight excluding hydrogens is 369 g/mol. The van der Waals surface area contributed by atoms with E-state index < -0.39 is 23.9 Å². The van der Waals surface area contributed by atoms with Crippen molar-refractivity contribution in [2.75, 3.05) is 19.6 Å². The molecule has 0 saturated heterocycles. The molecule has 1 heterocycles. The van der Waals surface area contributed by atoms with Crippen molar-refractivity contribution in [3.8, 4) is 0 Å². The number of hydrogen-bond donors (Lipinski definition) is 2. The Morgan fingerprint density at radius 2 is 1.82 bits per heavy atom. The Balaban J connectivity index is 2.02. The van der Waals surface area contributed by atoms with Gasteiger partial charge in [-0.25, -0.2) is 0 Å². The number of fused-ring (bicyclic) bond motifs is 1. The molecule has 2 N–H and O–H groups in total. The molecule has 2 atom stereocenters. The minimum atomic E-state index is -4.51. The van der Waals surface area contributed by atoms with Crippen LogP contribution in [-0.2, 0) is 17.4 Å². The number of nitrogens with one attached hydrogen (secondary N) is 1. The molecule has 1 amide bonds. The topological polar surface area (TPSA) is 52.6 Å². The molecule has 3 rings (SSSR count). The second kappa shape index (κ2) is 8.32. The molecule has 1 aliphatic rings. The molecule has 4 nitrogen and oxygen atoms in total. The summed E-state index contributed by atoms with van der Waals surface area (Å²) in [4.78, 5) is 14.3. The van der Waals surface area contributed by atoms with Gasteiger partial charge in [-0.3, -0.25) is 4.79 Å². The van der Waals surface area contributed by atoms with Crippen LogP contribution in [-0.4, -0.2) is 41.7 Å². The van der Waals surface area contributed by atoms with Crippen molar-refractivity contribution >= 4 is 5.91 Å². The van der Waals surface area contributed by atoms with E-state index in [0.29, 0.717) is 18.5 Å². The third kappa shape index (κ3) is 4.36. The average molecular weight is 392 g/mol. The Labute approximate surface area is 162 Å². The predicted molar refractivity (Wildman–Crippen MR) is 99.7 cm³/mol. The van der Waals surface area contributed by atoms with Gasteiger partial charge in [-0.15, -0.1) is 0 Å². The molecule has 0 spiro atoms. The maximum Gasteiger partial charge on any atom is 0.416 e. The number of hydrogen-bond acceptors (Lipinski definition) is 3. The van der Waals surface area contributed by atoms with Gasteiger partial charge >= 0.3 is 6.18 Å². The van der Waals surface area contributed by atoms with Gasteiger partial charge < -0.3 is 15.3 Å². The highest BCUT2D eigenvalue weighted by Crippen LogP contribution is 2.41. The lowest BCUT2D eigenvalue weighted by molar-refractivity contribution is -0.140. The van der Waals surface area contributed by atoms with E-state index in [4.69, 9.17) is 0 Å². The van der Waals surface area contributed by atoms with E-state index in [1.165, 1.54) is 17.0 Å². The van der Waals surface area contributed by atoms with E-state index in [1.807, 2.05) is 12.1 Å². The third-order valence-electron chi connectivity index (χ3n) is 4.88. The number of halogens is 3. The second-order valence-electron chi connectivity index (χ2n) is 7.00. The number of rotatable bonds is 5. The molecule has 7 heteroatoms. The molecule has 0 fully saturated rings. The molecule has 1 unspecified atom stereocenters. The van der Waals surface area contributed by atoms with Crippen molar-refractivity contribution in [2.45, 2.75) is 31.7 Å². The third-order valence-corrected chi connectivity index (χ3v) is 4.88. The number of carbonyl (C=O) groups is 1. The summed E-state index contributed by atoms with van der Waals surface area (Å²) in [5.74, 6) is -0.294. The van der Waals surface area contributed by atoms with Crippen molar-refractivity contribution in [1.29, 1.82) is 0 Å². The highest BCUT2D eigenvalue weighted by atomic mass is 19.4. The van der Waals surface area contributed by atoms with Crippen molar-refractivity contribution < 1.29 is 23.1 Å². The van der Waals surface area contributed by atoms with Gasteiger partial charge in [-0.1, -0.05) is 42.5 Å². The lowest BCUT2D eigenvalue weighted by Gasteiger charge is -2.39. The second-order valence-corrected chi connectivity index (χ2v) is 7.00. The average Bonchev–Trinajstić information content (AvgIpc) is 2.66. The smallest absolute Gasteiger partial charge is 0.392 e. The molecule has 0 saturated carbocycles. The first-order valence-corrected chi connectivity index (χ1v) is 9.21. The summed E-state index contributed by atoms with van der Waals surface area (Å²) in [5, 5.41) is 12.2. The number of alkyl halides is 3. The first-order chi connectivity index (χ1) is 13.3. The molecule has 150 valence electrons. The molecule has 0 aliphatic carbocycles. The van der Waals surface area contributed by atoms with Gasteiger partial charge in [-0.2, -0.15) is 13.2 Å². The van der Waals surface area contributed by atoms with Crippen LogP contribution in [0, 0.1) is 0 Å². The number of aliphatic hydroxyl groups excluding tert-OH is 1.